The first kappa shape index (κ1) is 18.6. The van der Waals surface area contributed by atoms with E-state index in [1.165, 1.54) is 4.68 Å². The Labute approximate surface area is 157 Å². The maximum absolute atomic E-state index is 12.5. The highest BCUT2D eigenvalue weighted by molar-refractivity contribution is 5.96. The van der Waals surface area contributed by atoms with Crippen molar-refractivity contribution in [2.75, 3.05) is 19.7 Å². The molecule has 2 amide bonds. The van der Waals surface area contributed by atoms with Crippen LogP contribution in [0.2, 0.25) is 0 Å². The fraction of sp³-hybridized carbons (Fsp3) is 0.368. The SMILES string of the molecule is CCOC(=O)c1c2c(nn1C)CCN(C(=O)CNC(=O)c1ccccc1)C2. The molecular weight excluding hydrogens is 348 g/mol. The number of carbonyl (C=O) groups excluding carboxylic acids is 3. The Balaban J connectivity index is 1.66. The zero-order valence-electron chi connectivity index (χ0n) is 15.4. The van der Waals surface area contributed by atoms with E-state index in [-0.39, 0.29) is 31.5 Å². The molecule has 0 saturated carbocycles. The molecule has 0 spiro atoms. The van der Waals surface area contributed by atoms with Crippen LogP contribution in [0.1, 0.15) is 39.0 Å². The van der Waals surface area contributed by atoms with Crippen LogP contribution in [0, 0.1) is 0 Å². The lowest BCUT2D eigenvalue weighted by Crippen LogP contribution is -2.42. The number of nitrogens with one attached hydrogen (secondary N) is 1. The lowest BCUT2D eigenvalue weighted by atomic mass is 10.1. The van der Waals surface area contributed by atoms with Crippen molar-refractivity contribution in [3.8, 4) is 0 Å². The summed E-state index contributed by atoms with van der Waals surface area (Å²) in [5.74, 6) is -0.945. The molecule has 0 unspecified atom stereocenters. The topological polar surface area (TPSA) is 93.5 Å². The first-order chi connectivity index (χ1) is 13.0. The number of aromatic nitrogens is 2. The third-order valence-corrected chi connectivity index (χ3v) is 4.45. The fourth-order valence-corrected chi connectivity index (χ4v) is 3.13. The van der Waals surface area contributed by atoms with Crippen molar-refractivity contribution in [1.82, 2.24) is 20.0 Å². The predicted molar refractivity (Wildman–Crippen MR) is 97.1 cm³/mol. The normalized spacial score (nSPS) is 13.0. The van der Waals surface area contributed by atoms with E-state index in [1.807, 2.05) is 6.07 Å². The van der Waals surface area contributed by atoms with E-state index in [0.29, 0.717) is 29.8 Å². The Morgan fingerprint density at radius 1 is 1.22 bits per heavy atom. The average Bonchev–Trinajstić information content (AvgIpc) is 3.01. The Bertz CT molecular complexity index is 860. The predicted octanol–water partition coefficient (Wildman–Crippen LogP) is 0.911. The molecule has 27 heavy (non-hydrogen) atoms. The van der Waals surface area contributed by atoms with Gasteiger partial charge in [-0.05, 0) is 19.1 Å². The van der Waals surface area contributed by atoms with Gasteiger partial charge < -0.3 is 15.0 Å². The van der Waals surface area contributed by atoms with Crippen LogP contribution >= 0.6 is 0 Å². The van der Waals surface area contributed by atoms with Gasteiger partial charge >= 0.3 is 5.97 Å². The summed E-state index contributed by atoms with van der Waals surface area (Å²) in [4.78, 5) is 38.4. The Morgan fingerprint density at radius 2 is 1.96 bits per heavy atom. The molecule has 1 aliphatic heterocycles. The maximum Gasteiger partial charge on any atom is 0.356 e. The molecule has 3 rings (SSSR count). The van der Waals surface area contributed by atoms with Gasteiger partial charge in [0.2, 0.25) is 5.91 Å². The van der Waals surface area contributed by atoms with Gasteiger partial charge in [-0.25, -0.2) is 4.79 Å². The minimum absolute atomic E-state index is 0.0991. The zero-order valence-corrected chi connectivity index (χ0v) is 15.4. The lowest BCUT2D eigenvalue weighted by Gasteiger charge is -2.27. The minimum Gasteiger partial charge on any atom is -0.461 e. The van der Waals surface area contributed by atoms with E-state index in [0.717, 1.165) is 5.69 Å². The molecule has 0 fully saturated rings. The second-order valence-electron chi connectivity index (χ2n) is 6.23. The Hall–Kier alpha value is -3.16. The second kappa shape index (κ2) is 8.03. The zero-order chi connectivity index (χ0) is 19.4. The Morgan fingerprint density at radius 3 is 2.67 bits per heavy atom. The number of carbonyl (C=O) groups is 3. The van der Waals surface area contributed by atoms with Crippen molar-refractivity contribution in [2.24, 2.45) is 7.05 Å². The van der Waals surface area contributed by atoms with Crippen LogP contribution in [0.15, 0.2) is 30.3 Å². The van der Waals surface area contributed by atoms with Crippen molar-refractivity contribution in [1.29, 1.82) is 0 Å². The fourth-order valence-electron chi connectivity index (χ4n) is 3.13. The van der Waals surface area contributed by atoms with Gasteiger partial charge in [0.1, 0.15) is 0 Å². The van der Waals surface area contributed by atoms with Gasteiger partial charge in [0.25, 0.3) is 5.91 Å². The van der Waals surface area contributed by atoms with E-state index in [1.54, 1.807) is 43.1 Å². The first-order valence-electron chi connectivity index (χ1n) is 8.84. The summed E-state index contributed by atoms with van der Waals surface area (Å²) in [6, 6.07) is 8.73. The van der Waals surface area contributed by atoms with Gasteiger partial charge in [-0.2, -0.15) is 5.10 Å². The molecule has 1 aromatic carbocycles. The largest absolute Gasteiger partial charge is 0.461 e. The molecule has 0 aliphatic carbocycles. The molecule has 1 N–H and O–H groups in total. The van der Waals surface area contributed by atoms with E-state index in [2.05, 4.69) is 10.4 Å². The number of amides is 2. The van der Waals surface area contributed by atoms with Crippen molar-refractivity contribution in [3.05, 3.63) is 52.8 Å². The van der Waals surface area contributed by atoms with Crippen molar-refractivity contribution in [2.45, 2.75) is 19.9 Å². The number of ether oxygens (including phenoxy) is 1. The second-order valence-corrected chi connectivity index (χ2v) is 6.23. The first-order valence-corrected chi connectivity index (χ1v) is 8.84. The summed E-state index contributed by atoms with van der Waals surface area (Å²) < 4.78 is 6.60. The summed E-state index contributed by atoms with van der Waals surface area (Å²) in [5.41, 5.74) is 2.39. The van der Waals surface area contributed by atoms with Gasteiger partial charge in [0.15, 0.2) is 5.69 Å². The lowest BCUT2D eigenvalue weighted by molar-refractivity contribution is -0.131. The highest BCUT2D eigenvalue weighted by atomic mass is 16.5. The van der Waals surface area contributed by atoms with Gasteiger partial charge in [0.05, 0.1) is 18.8 Å². The third-order valence-electron chi connectivity index (χ3n) is 4.45. The molecule has 0 saturated heterocycles. The molecule has 8 nitrogen and oxygen atoms in total. The van der Waals surface area contributed by atoms with Crippen LogP contribution in [0.3, 0.4) is 0 Å². The molecule has 2 aromatic rings. The number of nitrogens with zero attached hydrogens (tertiary/aromatic N) is 3. The number of hydrogen-bond donors (Lipinski definition) is 1. The van der Waals surface area contributed by atoms with Gasteiger partial charge in [-0.3, -0.25) is 14.3 Å². The summed E-state index contributed by atoms with van der Waals surface area (Å²) >= 11 is 0. The number of fused-ring (bicyclic) bond motifs is 1. The number of rotatable bonds is 5. The maximum atomic E-state index is 12.5. The highest BCUT2D eigenvalue weighted by Crippen LogP contribution is 2.22. The molecule has 0 radical (unpaired) electrons. The van der Waals surface area contributed by atoms with Crippen LogP contribution in [0.5, 0.6) is 0 Å². The van der Waals surface area contributed by atoms with Gasteiger partial charge in [-0.15, -0.1) is 0 Å². The highest BCUT2D eigenvalue weighted by Gasteiger charge is 2.30. The number of hydrogen-bond acceptors (Lipinski definition) is 5. The molecular formula is C19H22N4O4. The Kier molecular flexibility index (Phi) is 5.54. The van der Waals surface area contributed by atoms with Crippen LogP contribution in [0.25, 0.3) is 0 Å². The van der Waals surface area contributed by atoms with E-state index < -0.39 is 5.97 Å². The van der Waals surface area contributed by atoms with E-state index in [4.69, 9.17) is 4.74 Å². The van der Waals surface area contributed by atoms with Crippen LogP contribution in [0.4, 0.5) is 0 Å². The molecule has 2 heterocycles. The monoisotopic (exact) mass is 370 g/mol. The van der Waals surface area contributed by atoms with Crippen molar-refractivity contribution >= 4 is 17.8 Å². The molecule has 142 valence electrons. The number of aryl methyl sites for hydroxylation is 1. The third kappa shape index (κ3) is 3.99. The van der Waals surface area contributed by atoms with E-state index in [9.17, 15) is 14.4 Å². The van der Waals surface area contributed by atoms with Crippen LogP contribution in [-0.2, 0) is 29.5 Å². The molecule has 8 heteroatoms. The summed E-state index contributed by atoms with van der Waals surface area (Å²) in [6.07, 6.45) is 0.556. The number of esters is 1. The van der Waals surface area contributed by atoms with Crippen LogP contribution < -0.4 is 5.32 Å². The standard InChI is InChI=1S/C19H22N4O4/c1-3-27-19(26)17-14-12-23(10-9-15(14)21-22(17)2)16(24)11-20-18(25)13-7-5-4-6-8-13/h4-8H,3,9-12H2,1-2H3,(H,20,25). The minimum atomic E-state index is -0.444. The van der Waals surface area contributed by atoms with E-state index >= 15 is 0 Å². The molecule has 0 bridgehead atoms. The van der Waals surface area contributed by atoms with Crippen molar-refractivity contribution < 1.29 is 19.1 Å². The molecule has 1 aliphatic rings. The quantitative estimate of drug-likeness (QED) is 0.790. The number of benzene rings is 1. The summed E-state index contributed by atoms with van der Waals surface area (Å²) in [5, 5.41) is 7.01. The van der Waals surface area contributed by atoms with Gasteiger partial charge in [0, 0.05) is 37.7 Å². The summed E-state index contributed by atoms with van der Waals surface area (Å²) in [6.45, 7) is 2.68. The van der Waals surface area contributed by atoms with Crippen molar-refractivity contribution in [3.63, 3.8) is 0 Å². The molecule has 1 aromatic heterocycles. The average molecular weight is 370 g/mol. The smallest absolute Gasteiger partial charge is 0.356 e. The van der Waals surface area contributed by atoms with Gasteiger partial charge in [-0.1, -0.05) is 18.2 Å². The summed E-state index contributed by atoms with van der Waals surface area (Å²) in [7, 11) is 1.69. The van der Waals surface area contributed by atoms with Crippen LogP contribution in [-0.4, -0.2) is 52.2 Å². The molecule has 0 atom stereocenters.